The third-order valence-corrected chi connectivity index (χ3v) is 12.6. The van der Waals surface area contributed by atoms with Gasteiger partial charge in [-0.1, -0.05) is 106 Å². The Hall–Kier alpha value is -4.14. The molecule has 8 heteroatoms. The first-order chi connectivity index (χ1) is 24.2. The lowest BCUT2D eigenvalue weighted by atomic mass is 9.49. The summed E-state index contributed by atoms with van der Waals surface area (Å²) in [5, 5.41) is 15.6. The normalized spacial score (nSPS) is 23.8. The van der Waals surface area contributed by atoms with E-state index in [4.69, 9.17) is 15.9 Å². The van der Waals surface area contributed by atoms with Gasteiger partial charge in [0.1, 0.15) is 0 Å². The van der Waals surface area contributed by atoms with E-state index in [9.17, 15) is 14.4 Å². The molecule has 2 aliphatic carbocycles. The van der Waals surface area contributed by atoms with Gasteiger partial charge in [-0.05, 0) is 108 Å². The molecule has 7 nitrogen and oxygen atoms in total. The van der Waals surface area contributed by atoms with Crippen LogP contribution in [0.4, 0.5) is 0 Å². The third kappa shape index (κ3) is 8.34. The zero-order valence-corrected chi connectivity index (χ0v) is 31.4. The second-order valence-corrected chi connectivity index (χ2v) is 16.2. The van der Waals surface area contributed by atoms with Crippen LogP contribution in [-0.2, 0) is 26.2 Å². The second kappa shape index (κ2) is 16.0. The van der Waals surface area contributed by atoms with Gasteiger partial charge in [0.15, 0.2) is 0 Å². The number of benzene rings is 3. The van der Waals surface area contributed by atoms with Crippen LogP contribution in [0.5, 0.6) is 0 Å². The summed E-state index contributed by atoms with van der Waals surface area (Å²) in [6, 6.07) is 24.8. The maximum absolute atomic E-state index is 12.2. The molecule has 3 aromatic carbocycles. The standard InChI is InChI=1S/C20H29NO.C19H19NS.C4H4O4/c1-13(2)14-6-8-16-15(12-14)7-9-17-19(16,3)10-5-11-20(17,4)18(21)22;1-20-12-10-14(11-13-20)19-15-6-2-4-8-17(15)21-18-9-5-3-7-16(18)19;5-3(6)1-2-4(7)8/h6,8,12-13,17H,5,7,9-11H2,1-4H3,(H2,21,22);2-9H,10-13H2,1H3;1-2H,(H,5,6)(H,7,8). The number of amides is 1. The molecule has 3 atom stereocenters. The minimum atomic E-state index is -1.26. The van der Waals surface area contributed by atoms with E-state index in [2.05, 4.69) is 106 Å². The van der Waals surface area contributed by atoms with Gasteiger partial charge < -0.3 is 20.8 Å². The predicted octanol–water partition coefficient (Wildman–Crippen LogP) is 8.70. The van der Waals surface area contributed by atoms with Crippen molar-refractivity contribution in [1.82, 2.24) is 4.90 Å². The van der Waals surface area contributed by atoms with Crippen molar-refractivity contribution in [3.8, 4) is 0 Å². The van der Waals surface area contributed by atoms with Gasteiger partial charge in [-0.2, -0.15) is 0 Å². The highest BCUT2D eigenvalue weighted by molar-refractivity contribution is 7.99. The van der Waals surface area contributed by atoms with Crippen molar-refractivity contribution < 1.29 is 24.6 Å². The molecule has 4 N–H and O–H groups in total. The average molecular weight is 709 g/mol. The lowest BCUT2D eigenvalue weighted by Crippen LogP contribution is -2.54. The Morgan fingerprint density at radius 3 is 1.96 bits per heavy atom. The van der Waals surface area contributed by atoms with Crippen LogP contribution in [0, 0.1) is 11.3 Å². The largest absolute Gasteiger partial charge is 0.478 e. The Morgan fingerprint density at radius 2 is 1.43 bits per heavy atom. The van der Waals surface area contributed by atoms with Crippen LogP contribution in [-0.4, -0.2) is 53.1 Å². The van der Waals surface area contributed by atoms with Crippen molar-refractivity contribution in [3.63, 3.8) is 0 Å². The SMILES string of the molecule is CC(C)c1ccc2c(c1)CCC1C(C)(C(N)=O)CCCC21C.CN1CCC(=C2c3ccccc3Sc3ccccc32)CC1.O=C(O)C=CC(=O)O. The van der Waals surface area contributed by atoms with E-state index < -0.39 is 11.9 Å². The molecule has 7 rings (SSSR count). The number of nitrogens with zero attached hydrogens (tertiary/aromatic N) is 1. The van der Waals surface area contributed by atoms with Crippen LogP contribution in [0.3, 0.4) is 0 Å². The highest BCUT2D eigenvalue weighted by Gasteiger charge is 2.54. The molecule has 51 heavy (non-hydrogen) atoms. The summed E-state index contributed by atoms with van der Waals surface area (Å²) < 4.78 is 0. The molecule has 1 amide bonds. The van der Waals surface area contributed by atoms with E-state index >= 15 is 0 Å². The number of nitrogens with two attached hydrogens (primary N) is 1. The molecule has 3 unspecified atom stereocenters. The summed E-state index contributed by atoms with van der Waals surface area (Å²) in [6.45, 7) is 11.3. The zero-order valence-electron chi connectivity index (χ0n) is 30.6. The maximum Gasteiger partial charge on any atom is 0.328 e. The smallest absolute Gasteiger partial charge is 0.328 e. The monoisotopic (exact) mass is 708 g/mol. The van der Waals surface area contributed by atoms with Gasteiger partial charge in [-0.3, -0.25) is 4.79 Å². The van der Waals surface area contributed by atoms with Crippen molar-refractivity contribution in [2.75, 3.05) is 20.1 Å². The van der Waals surface area contributed by atoms with Gasteiger partial charge in [0.2, 0.25) is 5.91 Å². The Kier molecular flexibility index (Phi) is 12.0. The number of rotatable bonds is 4. The van der Waals surface area contributed by atoms with E-state index in [0.29, 0.717) is 24.0 Å². The maximum atomic E-state index is 12.2. The molecular formula is C43H52N2O5S. The number of aryl methyl sites for hydroxylation is 1. The fourth-order valence-corrected chi connectivity index (χ4v) is 9.71. The predicted molar refractivity (Wildman–Crippen MR) is 205 cm³/mol. The van der Waals surface area contributed by atoms with Crippen LogP contribution in [0.15, 0.2) is 94.2 Å². The average Bonchev–Trinajstić information content (AvgIpc) is 3.10. The molecule has 2 aliphatic heterocycles. The molecule has 270 valence electrons. The van der Waals surface area contributed by atoms with Crippen LogP contribution in [0.1, 0.15) is 100.0 Å². The number of aliphatic carboxylic acids is 2. The topological polar surface area (TPSA) is 121 Å². The number of hydrogen-bond donors (Lipinski definition) is 3. The molecule has 0 bridgehead atoms. The Labute approximate surface area is 307 Å². The van der Waals surface area contributed by atoms with Crippen molar-refractivity contribution >= 4 is 35.2 Å². The van der Waals surface area contributed by atoms with Crippen LogP contribution >= 0.6 is 11.8 Å². The van der Waals surface area contributed by atoms with Crippen LogP contribution < -0.4 is 5.73 Å². The lowest BCUT2D eigenvalue weighted by molar-refractivity contribution is -0.135. The van der Waals surface area contributed by atoms with E-state index in [1.165, 1.54) is 75.5 Å². The summed E-state index contributed by atoms with van der Waals surface area (Å²) in [5.74, 6) is -1.67. The number of piperidine rings is 1. The number of carboxylic acids is 2. The van der Waals surface area contributed by atoms with E-state index in [0.717, 1.165) is 25.7 Å². The summed E-state index contributed by atoms with van der Waals surface area (Å²) >= 11 is 1.91. The van der Waals surface area contributed by atoms with Crippen molar-refractivity contribution in [2.45, 2.75) is 93.8 Å². The molecule has 2 fully saturated rings. The van der Waals surface area contributed by atoms with Gasteiger partial charge in [0.25, 0.3) is 0 Å². The first-order valence-corrected chi connectivity index (χ1v) is 18.9. The quantitative estimate of drug-likeness (QED) is 0.181. The van der Waals surface area contributed by atoms with Gasteiger partial charge in [0.05, 0.1) is 0 Å². The second-order valence-electron chi connectivity index (χ2n) is 15.1. The molecule has 3 aromatic rings. The molecule has 0 spiro atoms. The van der Waals surface area contributed by atoms with Crippen molar-refractivity contribution in [2.24, 2.45) is 17.1 Å². The van der Waals surface area contributed by atoms with Crippen molar-refractivity contribution in [1.29, 1.82) is 0 Å². The van der Waals surface area contributed by atoms with Crippen LogP contribution in [0.2, 0.25) is 0 Å². The van der Waals surface area contributed by atoms with E-state index in [-0.39, 0.29) is 16.7 Å². The number of carbonyl (C=O) groups excluding carboxylic acids is 1. The summed E-state index contributed by atoms with van der Waals surface area (Å²) in [4.78, 5) is 36.5. The molecule has 0 aromatic heterocycles. The fraction of sp³-hybridized carbons (Fsp3) is 0.419. The molecule has 4 aliphatic rings. The Bertz CT molecular complexity index is 1770. The molecular weight excluding hydrogens is 657 g/mol. The first-order valence-electron chi connectivity index (χ1n) is 18.1. The highest BCUT2D eigenvalue weighted by Crippen LogP contribution is 2.57. The molecule has 2 heterocycles. The van der Waals surface area contributed by atoms with Gasteiger partial charge in [0, 0.05) is 40.4 Å². The van der Waals surface area contributed by atoms with E-state index in [1.807, 2.05) is 11.8 Å². The Morgan fingerprint density at radius 1 is 0.863 bits per heavy atom. The molecule has 1 saturated heterocycles. The number of likely N-dealkylation sites (tertiary alicyclic amines) is 1. The molecule has 0 radical (unpaired) electrons. The van der Waals surface area contributed by atoms with Crippen molar-refractivity contribution in [3.05, 3.63) is 112 Å². The van der Waals surface area contributed by atoms with Crippen LogP contribution in [0.25, 0.3) is 5.57 Å². The van der Waals surface area contributed by atoms with E-state index in [1.54, 1.807) is 5.57 Å². The zero-order chi connectivity index (χ0) is 36.9. The highest BCUT2D eigenvalue weighted by atomic mass is 32.2. The number of carbonyl (C=O) groups is 3. The summed E-state index contributed by atoms with van der Waals surface area (Å²) in [5.41, 5.74) is 16.0. The number of primary amides is 1. The number of hydrogen-bond acceptors (Lipinski definition) is 5. The lowest BCUT2D eigenvalue weighted by Gasteiger charge is -2.54. The number of carboxylic acid groups (broad SMARTS) is 2. The minimum absolute atomic E-state index is 0.102. The summed E-state index contributed by atoms with van der Waals surface area (Å²) in [7, 11) is 2.22. The van der Waals surface area contributed by atoms with Gasteiger partial charge in [-0.15, -0.1) is 0 Å². The minimum Gasteiger partial charge on any atom is -0.478 e. The van der Waals surface area contributed by atoms with Gasteiger partial charge in [-0.25, -0.2) is 9.59 Å². The molecule has 1 saturated carbocycles. The third-order valence-electron chi connectivity index (χ3n) is 11.5. The van der Waals surface area contributed by atoms with Gasteiger partial charge >= 0.3 is 11.9 Å². The number of fused-ring (bicyclic) bond motifs is 5. The summed E-state index contributed by atoms with van der Waals surface area (Å²) in [6.07, 6.45) is 8.89. The first kappa shape index (κ1) is 38.1. The fourth-order valence-electron chi connectivity index (χ4n) is 8.62. The Balaban J connectivity index is 0.000000164.